The first-order chi connectivity index (χ1) is 15.9. The van der Waals surface area contributed by atoms with Crippen molar-refractivity contribution in [3.63, 3.8) is 0 Å². The number of anilines is 1. The molecule has 0 bridgehead atoms. The van der Waals surface area contributed by atoms with Crippen molar-refractivity contribution in [2.24, 2.45) is 5.73 Å². The maximum atomic E-state index is 12.8. The third-order valence-corrected chi connectivity index (χ3v) is 5.25. The Kier molecular flexibility index (Phi) is 5.90. The minimum Gasteiger partial charge on any atom is -0.481 e. The number of benzene rings is 1. The third kappa shape index (κ3) is 4.59. The lowest BCUT2D eigenvalue weighted by Crippen LogP contribution is -2.18. The first-order valence-electron chi connectivity index (χ1n) is 10.2. The van der Waals surface area contributed by atoms with Gasteiger partial charge in [0.25, 0.3) is 0 Å². The number of nitrogens with two attached hydrogens (primary N) is 2. The van der Waals surface area contributed by atoms with Gasteiger partial charge >= 0.3 is 5.69 Å². The van der Waals surface area contributed by atoms with Crippen LogP contribution in [0.5, 0.6) is 5.88 Å². The van der Waals surface area contributed by atoms with Crippen molar-refractivity contribution in [3.05, 3.63) is 93.4 Å². The Labute approximate surface area is 189 Å². The molecule has 1 unspecified atom stereocenters. The minimum absolute atomic E-state index is 0.00335. The molecule has 3 heterocycles. The van der Waals surface area contributed by atoms with Crippen LogP contribution < -0.4 is 21.9 Å². The molecule has 0 saturated carbocycles. The van der Waals surface area contributed by atoms with E-state index in [0.29, 0.717) is 29.4 Å². The number of methoxy groups -OCH3 is 1. The number of aromatic nitrogens is 5. The predicted octanol–water partition coefficient (Wildman–Crippen LogP) is 1.91. The summed E-state index contributed by atoms with van der Waals surface area (Å²) in [5.74, 6) is 0.871. The van der Waals surface area contributed by atoms with Gasteiger partial charge in [0.1, 0.15) is 11.7 Å². The lowest BCUT2D eigenvalue weighted by Gasteiger charge is -2.17. The highest BCUT2D eigenvalue weighted by molar-refractivity contribution is 5.94. The number of nitrogens with one attached hydrogen (secondary N) is 2. The van der Waals surface area contributed by atoms with Crippen molar-refractivity contribution < 1.29 is 4.74 Å². The fourth-order valence-electron chi connectivity index (χ4n) is 3.63. The topological polar surface area (TPSA) is 162 Å². The van der Waals surface area contributed by atoms with Gasteiger partial charge in [0.15, 0.2) is 5.82 Å². The van der Waals surface area contributed by atoms with Crippen molar-refractivity contribution in [1.29, 1.82) is 5.41 Å². The van der Waals surface area contributed by atoms with Gasteiger partial charge in [-0.05, 0) is 42.7 Å². The van der Waals surface area contributed by atoms with Gasteiger partial charge in [-0.15, -0.1) is 5.10 Å². The molecule has 0 radical (unpaired) electrons. The maximum Gasteiger partial charge on any atom is 0.349 e. The SMILES string of the molecule is COc1cc(C(Cc2ccc(C(=N)N)cc2)c2nn(-c3ncccc3N)c(=O)[nH]2)cc(C)n1. The van der Waals surface area contributed by atoms with Gasteiger partial charge in [-0.1, -0.05) is 24.3 Å². The number of aryl methyl sites for hydroxylation is 1. The Morgan fingerprint density at radius 1 is 1.24 bits per heavy atom. The molecule has 0 saturated heterocycles. The summed E-state index contributed by atoms with van der Waals surface area (Å²) in [4.78, 5) is 24.2. The molecule has 4 aromatic rings. The van der Waals surface area contributed by atoms with E-state index >= 15 is 0 Å². The van der Waals surface area contributed by atoms with Crippen LogP contribution in [0.25, 0.3) is 5.82 Å². The number of rotatable bonds is 7. The smallest absolute Gasteiger partial charge is 0.349 e. The Bertz CT molecular complexity index is 1360. The van der Waals surface area contributed by atoms with Gasteiger partial charge in [-0.2, -0.15) is 4.68 Å². The summed E-state index contributed by atoms with van der Waals surface area (Å²) in [6.07, 6.45) is 2.08. The predicted molar refractivity (Wildman–Crippen MR) is 125 cm³/mol. The molecular weight excluding hydrogens is 420 g/mol. The summed E-state index contributed by atoms with van der Waals surface area (Å²) in [5.41, 5.74) is 14.8. The number of hydrogen-bond acceptors (Lipinski definition) is 7. The quantitative estimate of drug-likeness (QED) is 0.250. The first kappa shape index (κ1) is 21.8. The largest absolute Gasteiger partial charge is 0.481 e. The molecule has 0 aliphatic carbocycles. The Hall–Kier alpha value is -4.47. The van der Waals surface area contributed by atoms with E-state index in [0.717, 1.165) is 16.8 Å². The number of ether oxygens (including phenoxy) is 1. The van der Waals surface area contributed by atoms with E-state index in [-0.39, 0.29) is 17.6 Å². The van der Waals surface area contributed by atoms with E-state index in [1.807, 2.05) is 31.2 Å². The summed E-state index contributed by atoms with van der Waals surface area (Å²) in [6, 6.07) is 14.5. The molecule has 10 heteroatoms. The lowest BCUT2D eigenvalue weighted by molar-refractivity contribution is 0.396. The summed E-state index contributed by atoms with van der Waals surface area (Å²) >= 11 is 0. The highest BCUT2D eigenvalue weighted by atomic mass is 16.5. The lowest BCUT2D eigenvalue weighted by atomic mass is 9.91. The normalized spacial score (nSPS) is 11.8. The fraction of sp³-hybridized carbons (Fsp3) is 0.174. The van der Waals surface area contributed by atoms with E-state index in [9.17, 15) is 4.79 Å². The van der Waals surface area contributed by atoms with Crippen LogP contribution >= 0.6 is 0 Å². The van der Waals surface area contributed by atoms with Crippen molar-refractivity contribution in [1.82, 2.24) is 24.7 Å². The van der Waals surface area contributed by atoms with Crippen LogP contribution in [0.4, 0.5) is 5.69 Å². The van der Waals surface area contributed by atoms with Gasteiger partial charge in [-0.25, -0.2) is 14.8 Å². The van der Waals surface area contributed by atoms with E-state index in [1.165, 1.54) is 4.68 Å². The molecule has 10 nitrogen and oxygen atoms in total. The third-order valence-electron chi connectivity index (χ3n) is 5.25. The molecule has 4 rings (SSSR count). The molecule has 33 heavy (non-hydrogen) atoms. The number of nitrogens with zero attached hydrogens (tertiary/aromatic N) is 4. The summed E-state index contributed by atoms with van der Waals surface area (Å²) in [5, 5.41) is 12.1. The van der Waals surface area contributed by atoms with Crippen LogP contribution in [0.2, 0.25) is 0 Å². The Morgan fingerprint density at radius 3 is 2.67 bits per heavy atom. The molecule has 0 aliphatic rings. The van der Waals surface area contributed by atoms with Crippen molar-refractivity contribution in [2.75, 3.05) is 12.8 Å². The molecule has 0 aliphatic heterocycles. The van der Waals surface area contributed by atoms with Gasteiger partial charge in [0.2, 0.25) is 5.88 Å². The zero-order valence-electron chi connectivity index (χ0n) is 18.2. The van der Waals surface area contributed by atoms with Crippen LogP contribution in [0, 0.1) is 12.3 Å². The monoisotopic (exact) mass is 444 g/mol. The molecular formula is C23H24N8O2. The molecule has 0 fully saturated rings. The molecule has 6 N–H and O–H groups in total. The number of amidine groups is 1. The highest BCUT2D eigenvalue weighted by Gasteiger charge is 2.23. The molecule has 0 spiro atoms. The Morgan fingerprint density at radius 2 is 2.00 bits per heavy atom. The Balaban J connectivity index is 1.80. The zero-order valence-corrected chi connectivity index (χ0v) is 18.2. The summed E-state index contributed by atoms with van der Waals surface area (Å²) in [7, 11) is 1.56. The van der Waals surface area contributed by atoms with Crippen molar-refractivity contribution in [3.8, 4) is 11.7 Å². The van der Waals surface area contributed by atoms with E-state index in [2.05, 4.69) is 20.1 Å². The average Bonchev–Trinajstić information content (AvgIpc) is 3.18. The standard InChI is InChI=1S/C23H24N8O2/c1-13-10-16(12-19(28-13)33-2)17(11-14-5-7-15(8-6-14)20(25)26)21-29-23(32)31(30-21)22-18(24)4-3-9-27-22/h3-10,12,17H,11,24H2,1-2H3,(H3,25,26)(H,29,30,32). The second kappa shape index (κ2) is 8.95. The van der Waals surface area contributed by atoms with Crippen LogP contribution in [0.1, 0.15) is 34.1 Å². The minimum atomic E-state index is -0.440. The van der Waals surface area contributed by atoms with Crippen LogP contribution in [0.15, 0.2) is 59.5 Å². The second-order valence-electron chi connectivity index (χ2n) is 7.59. The van der Waals surface area contributed by atoms with Crippen molar-refractivity contribution >= 4 is 11.5 Å². The summed E-state index contributed by atoms with van der Waals surface area (Å²) in [6.45, 7) is 1.88. The van der Waals surface area contributed by atoms with E-state index in [1.54, 1.807) is 37.6 Å². The molecule has 1 atom stereocenters. The summed E-state index contributed by atoms with van der Waals surface area (Å²) < 4.78 is 6.52. The fourth-order valence-corrected chi connectivity index (χ4v) is 3.63. The average molecular weight is 444 g/mol. The number of hydrogen-bond donors (Lipinski definition) is 4. The highest BCUT2D eigenvalue weighted by Crippen LogP contribution is 2.29. The van der Waals surface area contributed by atoms with Crippen molar-refractivity contribution in [2.45, 2.75) is 19.3 Å². The zero-order chi connectivity index (χ0) is 23.5. The first-order valence-corrected chi connectivity index (χ1v) is 10.2. The van der Waals surface area contributed by atoms with Gasteiger partial charge in [0, 0.05) is 29.4 Å². The number of nitrogen functional groups attached to an aromatic ring is 2. The molecule has 168 valence electrons. The van der Waals surface area contributed by atoms with Crippen LogP contribution in [-0.4, -0.2) is 37.7 Å². The second-order valence-corrected chi connectivity index (χ2v) is 7.59. The van der Waals surface area contributed by atoms with Gasteiger partial charge < -0.3 is 16.2 Å². The number of pyridine rings is 2. The molecule has 1 aromatic carbocycles. The molecule has 3 aromatic heterocycles. The maximum absolute atomic E-state index is 12.8. The van der Waals surface area contributed by atoms with Crippen LogP contribution in [-0.2, 0) is 6.42 Å². The van der Waals surface area contributed by atoms with Crippen LogP contribution in [0.3, 0.4) is 0 Å². The van der Waals surface area contributed by atoms with Gasteiger partial charge in [-0.3, -0.25) is 10.4 Å². The molecule has 0 amide bonds. The van der Waals surface area contributed by atoms with E-state index < -0.39 is 5.69 Å². The number of aromatic amines is 1. The van der Waals surface area contributed by atoms with Gasteiger partial charge in [0.05, 0.1) is 12.8 Å². The number of H-pyrrole nitrogens is 1. The van der Waals surface area contributed by atoms with E-state index in [4.69, 9.17) is 21.6 Å².